The molecule has 0 bridgehead atoms. The minimum atomic E-state index is -4.52. The van der Waals surface area contributed by atoms with Gasteiger partial charge in [-0.3, -0.25) is 9.36 Å². The number of hydrogen-bond acceptors (Lipinski definition) is 7. The van der Waals surface area contributed by atoms with Crippen LogP contribution in [0.1, 0.15) is 213 Å². The number of esters is 1. The lowest BCUT2D eigenvalue weighted by atomic mass is 10.0. The largest absolute Gasteiger partial charge is 0.756 e. The lowest BCUT2D eigenvalue weighted by molar-refractivity contribution is -0.870. The third kappa shape index (κ3) is 44.1. The molecule has 332 valence electrons. The van der Waals surface area contributed by atoms with Crippen LogP contribution in [0.15, 0.2) is 24.3 Å². The molecule has 8 nitrogen and oxygen atoms in total. The van der Waals surface area contributed by atoms with E-state index >= 15 is 0 Å². The van der Waals surface area contributed by atoms with Gasteiger partial charge in [0.05, 0.1) is 34.4 Å². The third-order valence-electron chi connectivity index (χ3n) is 10.3. The lowest BCUT2D eigenvalue weighted by Gasteiger charge is -2.28. The summed E-state index contributed by atoms with van der Waals surface area (Å²) in [5, 5.41) is 0. The fourth-order valence-corrected chi connectivity index (χ4v) is 7.31. The Morgan fingerprint density at radius 3 is 1.46 bits per heavy atom. The maximum Gasteiger partial charge on any atom is 0.306 e. The van der Waals surface area contributed by atoms with E-state index in [-0.39, 0.29) is 25.8 Å². The average molecular weight is 814 g/mol. The van der Waals surface area contributed by atoms with Crippen molar-refractivity contribution < 1.29 is 37.3 Å². The minimum absolute atomic E-state index is 0.0265. The SMILES string of the molecule is CCCCCC/C=C\C/C=C\CCCCCCCCCC(=O)OC(COCCCCCCCCCCCCCCCCCC)COP(=O)([O-])OCC[N+](C)(C)C. The number of allylic oxidation sites excluding steroid dienone is 4. The summed E-state index contributed by atoms with van der Waals surface area (Å²) in [5.41, 5.74) is 0. The predicted molar refractivity (Wildman–Crippen MR) is 236 cm³/mol. The van der Waals surface area contributed by atoms with Crippen molar-refractivity contribution in [3.8, 4) is 0 Å². The van der Waals surface area contributed by atoms with E-state index in [0.29, 0.717) is 24.1 Å². The zero-order valence-electron chi connectivity index (χ0n) is 37.6. The molecule has 0 rings (SSSR count). The standard InChI is InChI=1S/C47H92NO7P/c1-6-8-10-12-14-16-18-20-22-24-25-26-28-30-32-34-36-38-40-47(49)55-46(45-54-56(50,51)53-43-41-48(3,4)5)44-52-42-39-37-35-33-31-29-27-23-21-19-17-15-13-11-9-7-2/h16,18,22,24,46H,6-15,17,19-21,23,25-45H2,1-5H3/b18-16-,24-22-. The van der Waals surface area contributed by atoms with E-state index in [1.165, 1.54) is 148 Å². The number of quaternary nitrogens is 1. The number of likely N-dealkylation sites (N-methyl/N-ethyl adjacent to an activating group) is 1. The molecule has 0 aromatic carbocycles. The second-order valence-corrected chi connectivity index (χ2v) is 18.5. The first kappa shape index (κ1) is 55.0. The number of unbranched alkanes of at least 4 members (excludes halogenated alkanes) is 26. The Morgan fingerprint density at radius 1 is 0.554 bits per heavy atom. The van der Waals surface area contributed by atoms with Gasteiger partial charge in [-0.2, -0.15) is 0 Å². The first-order valence-corrected chi connectivity index (χ1v) is 25.0. The van der Waals surface area contributed by atoms with Crippen LogP contribution in [0.5, 0.6) is 0 Å². The van der Waals surface area contributed by atoms with E-state index in [9.17, 15) is 14.3 Å². The van der Waals surface area contributed by atoms with Crippen LogP contribution in [0, 0.1) is 0 Å². The lowest BCUT2D eigenvalue weighted by Crippen LogP contribution is -2.37. The van der Waals surface area contributed by atoms with Crippen LogP contribution < -0.4 is 4.89 Å². The molecule has 0 N–H and O–H groups in total. The van der Waals surface area contributed by atoms with Gasteiger partial charge in [-0.1, -0.05) is 186 Å². The third-order valence-corrected chi connectivity index (χ3v) is 11.2. The smallest absolute Gasteiger partial charge is 0.306 e. The molecule has 0 aromatic rings. The highest BCUT2D eigenvalue weighted by Crippen LogP contribution is 2.38. The van der Waals surface area contributed by atoms with E-state index in [1.807, 2.05) is 21.1 Å². The maximum absolute atomic E-state index is 12.7. The Balaban J connectivity index is 4.19. The van der Waals surface area contributed by atoms with Crippen molar-refractivity contribution in [3.63, 3.8) is 0 Å². The van der Waals surface area contributed by atoms with Crippen LogP contribution in [0.3, 0.4) is 0 Å². The summed E-state index contributed by atoms with van der Waals surface area (Å²) in [6, 6.07) is 0. The molecule has 0 aliphatic rings. The Hall–Kier alpha value is -1.02. The molecule has 0 spiro atoms. The predicted octanol–water partition coefficient (Wildman–Crippen LogP) is 13.4. The molecule has 0 radical (unpaired) electrons. The fraction of sp³-hybridized carbons (Fsp3) is 0.894. The van der Waals surface area contributed by atoms with Gasteiger partial charge in [0.2, 0.25) is 0 Å². The van der Waals surface area contributed by atoms with E-state index in [0.717, 1.165) is 44.9 Å². The van der Waals surface area contributed by atoms with E-state index in [4.69, 9.17) is 18.5 Å². The molecule has 2 atom stereocenters. The summed E-state index contributed by atoms with van der Waals surface area (Å²) >= 11 is 0. The van der Waals surface area contributed by atoms with Crippen molar-refractivity contribution in [2.45, 2.75) is 219 Å². The summed E-state index contributed by atoms with van der Waals surface area (Å²) in [6.45, 7) is 5.42. The molecule has 0 fully saturated rings. The van der Waals surface area contributed by atoms with Crippen molar-refractivity contribution >= 4 is 13.8 Å². The van der Waals surface area contributed by atoms with Gasteiger partial charge < -0.3 is 27.9 Å². The van der Waals surface area contributed by atoms with Crippen molar-refractivity contribution in [1.82, 2.24) is 0 Å². The summed E-state index contributed by atoms with van der Waals surface area (Å²) in [7, 11) is 1.36. The van der Waals surface area contributed by atoms with Gasteiger partial charge in [-0.25, -0.2) is 0 Å². The normalized spacial score (nSPS) is 13.9. The first-order chi connectivity index (χ1) is 27.1. The molecule has 0 amide bonds. The van der Waals surface area contributed by atoms with Crippen LogP contribution in [0.2, 0.25) is 0 Å². The average Bonchev–Trinajstić information content (AvgIpc) is 3.15. The molecular formula is C47H92NO7P. The minimum Gasteiger partial charge on any atom is -0.756 e. The van der Waals surface area contributed by atoms with Gasteiger partial charge in [0, 0.05) is 13.0 Å². The zero-order chi connectivity index (χ0) is 41.3. The van der Waals surface area contributed by atoms with Crippen molar-refractivity contribution in [1.29, 1.82) is 0 Å². The zero-order valence-corrected chi connectivity index (χ0v) is 38.5. The Bertz CT molecular complexity index is 951. The molecule has 9 heteroatoms. The monoisotopic (exact) mass is 814 g/mol. The summed E-state index contributed by atoms with van der Waals surface area (Å²) in [4.78, 5) is 25.1. The molecule has 56 heavy (non-hydrogen) atoms. The van der Waals surface area contributed by atoms with Gasteiger partial charge in [0.25, 0.3) is 7.82 Å². The van der Waals surface area contributed by atoms with E-state index in [1.54, 1.807) is 0 Å². The molecule has 0 heterocycles. The number of phosphoric acid groups is 1. The van der Waals surface area contributed by atoms with Gasteiger partial charge in [-0.05, 0) is 44.9 Å². The number of ether oxygens (including phenoxy) is 2. The molecule has 0 saturated heterocycles. The number of carbonyl (C=O) groups excluding carboxylic acids is 1. The number of nitrogens with zero attached hydrogens (tertiary/aromatic N) is 1. The Kier molecular flexibility index (Phi) is 40.0. The van der Waals surface area contributed by atoms with Gasteiger partial charge in [-0.15, -0.1) is 0 Å². The van der Waals surface area contributed by atoms with Crippen LogP contribution >= 0.6 is 7.82 Å². The summed E-state index contributed by atoms with van der Waals surface area (Å²) in [5.74, 6) is -0.339. The molecule has 0 saturated carbocycles. The molecule has 0 aliphatic heterocycles. The van der Waals surface area contributed by atoms with Gasteiger partial charge >= 0.3 is 5.97 Å². The highest BCUT2D eigenvalue weighted by atomic mass is 31.2. The van der Waals surface area contributed by atoms with E-state index < -0.39 is 13.9 Å². The number of carbonyl (C=O) groups is 1. The van der Waals surface area contributed by atoms with Crippen LogP contribution in [0.25, 0.3) is 0 Å². The first-order valence-electron chi connectivity index (χ1n) is 23.6. The van der Waals surface area contributed by atoms with Crippen LogP contribution in [0.4, 0.5) is 0 Å². The second-order valence-electron chi connectivity index (χ2n) is 17.1. The second kappa shape index (κ2) is 40.7. The van der Waals surface area contributed by atoms with Crippen molar-refractivity contribution in [3.05, 3.63) is 24.3 Å². The van der Waals surface area contributed by atoms with Crippen molar-refractivity contribution in [2.75, 3.05) is 54.1 Å². The number of rotatable bonds is 44. The molecular weight excluding hydrogens is 721 g/mol. The summed E-state index contributed by atoms with van der Waals surface area (Å²) < 4.78 is 34.7. The Labute approximate surface area is 347 Å². The highest BCUT2D eigenvalue weighted by molar-refractivity contribution is 7.45. The van der Waals surface area contributed by atoms with E-state index in [2.05, 4.69) is 38.2 Å². The molecule has 0 aliphatic carbocycles. The molecule has 0 aromatic heterocycles. The van der Waals surface area contributed by atoms with Crippen molar-refractivity contribution in [2.24, 2.45) is 0 Å². The van der Waals surface area contributed by atoms with Gasteiger partial charge in [0.15, 0.2) is 0 Å². The number of hydrogen-bond donors (Lipinski definition) is 0. The maximum atomic E-state index is 12.7. The topological polar surface area (TPSA) is 94.1 Å². The van der Waals surface area contributed by atoms with Gasteiger partial charge in [0.1, 0.15) is 19.3 Å². The molecule has 2 unspecified atom stereocenters. The fourth-order valence-electron chi connectivity index (χ4n) is 6.58. The summed E-state index contributed by atoms with van der Waals surface area (Å²) in [6.07, 6.45) is 46.1. The van der Waals surface area contributed by atoms with Crippen LogP contribution in [-0.2, 0) is 27.9 Å². The quantitative estimate of drug-likeness (QED) is 0.0199. The van der Waals surface area contributed by atoms with Crippen LogP contribution in [-0.4, -0.2) is 70.7 Å². The highest BCUT2D eigenvalue weighted by Gasteiger charge is 2.20. The Morgan fingerprint density at radius 2 is 0.982 bits per heavy atom. The number of phosphoric ester groups is 1.